The van der Waals surface area contributed by atoms with Crippen molar-refractivity contribution in [2.45, 2.75) is 19.1 Å². The molecule has 3 rings (SSSR count). The van der Waals surface area contributed by atoms with E-state index < -0.39 is 0 Å². The Labute approximate surface area is 136 Å². The van der Waals surface area contributed by atoms with Gasteiger partial charge in [0.1, 0.15) is 4.88 Å². The molecule has 22 heavy (non-hydrogen) atoms. The molecule has 0 atom stereocenters. The van der Waals surface area contributed by atoms with Crippen LogP contribution in [0.4, 0.5) is 0 Å². The third-order valence-corrected chi connectivity index (χ3v) is 5.05. The van der Waals surface area contributed by atoms with E-state index in [-0.39, 0.29) is 5.91 Å². The number of ether oxygens (including phenoxy) is 1. The van der Waals surface area contributed by atoms with Gasteiger partial charge in [0.25, 0.3) is 11.1 Å². The molecule has 0 saturated carbocycles. The zero-order valence-corrected chi connectivity index (χ0v) is 14.0. The summed E-state index contributed by atoms with van der Waals surface area (Å²) >= 11 is 2.78. The third kappa shape index (κ3) is 3.47. The molecule has 9 heteroatoms. The molecular formula is C13H16N4O3S2. The Bertz CT molecular complexity index is 664. The van der Waals surface area contributed by atoms with Gasteiger partial charge in [-0.1, -0.05) is 11.8 Å². The summed E-state index contributed by atoms with van der Waals surface area (Å²) in [7, 11) is 0. The Hall–Kier alpha value is -1.45. The molecule has 1 amide bonds. The van der Waals surface area contributed by atoms with E-state index in [1.54, 1.807) is 4.90 Å². The second-order valence-corrected chi connectivity index (χ2v) is 6.93. The average Bonchev–Trinajstić information content (AvgIpc) is 3.12. The third-order valence-electron chi connectivity index (χ3n) is 3.19. The fourth-order valence-corrected chi connectivity index (χ4v) is 3.62. The summed E-state index contributed by atoms with van der Waals surface area (Å²) < 4.78 is 10.8. The lowest BCUT2D eigenvalue weighted by molar-refractivity contribution is -0.132. The molecule has 0 radical (unpaired) electrons. The van der Waals surface area contributed by atoms with Crippen LogP contribution >= 0.6 is 23.1 Å². The molecule has 0 spiro atoms. The van der Waals surface area contributed by atoms with Gasteiger partial charge in [0.2, 0.25) is 5.91 Å². The predicted molar refractivity (Wildman–Crippen MR) is 83.0 cm³/mol. The van der Waals surface area contributed by atoms with Gasteiger partial charge in [-0.05, 0) is 13.8 Å². The van der Waals surface area contributed by atoms with E-state index in [0.29, 0.717) is 43.2 Å². The van der Waals surface area contributed by atoms with E-state index in [1.807, 2.05) is 13.8 Å². The molecule has 0 bridgehead atoms. The van der Waals surface area contributed by atoms with Crippen molar-refractivity contribution in [2.75, 3.05) is 32.1 Å². The number of aromatic nitrogens is 3. The highest BCUT2D eigenvalue weighted by molar-refractivity contribution is 7.99. The lowest BCUT2D eigenvalue weighted by Gasteiger charge is -2.26. The molecular weight excluding hydrogens is 324 g/mol. The van der Waals surface area contributed by atoms with Gasteiger partial charge in [0.15, 0.2) is 0 Å². The van der Waals surface area contributed by atoms with Crippen molar-refractivity contribution in [1.82, 2.24) is 20.1 Å². The summed E-state index contributed by atoms with van der Waals surface area (Å²) in [6.45, 7) is 6.35. The standard InChI is InChI=1S/C13H16N4O3S2/c1-8-11(22-9(2)14-8)12-15-16-13(20-12)21-7-10(18)17-3-5-19-6-4-17/h3-7H2,1-2H3. The Kier molecular flexibility index (Phi) is 4.74. The fourth-order valence-electron chi connectivity index (χ4n) is 2.12. The molecule has 0 N–H and O–H groups in total. The highest BCUT2D eigenvalue weighted by atomic mass is 32.2. The van der Waals surface area contributed by atoms with Crippen molar-refractivity contribution in [1.29, 1.82) is 0 Å². The van der Waals surface area contributed by atoms with Crippen molar-refractivity contribution in [2.24, 2.45) is 0 Å². The van der Waals surface area contributed by atoms with Crippen LogP contribution in [0.5, 0.6) is 0 Å². The number of amides is 1. The predicted octanol–water partition coefficient (Wildman–Crippen LogP) is 1.76. The first-order valence-electron chi connectivity index (χ1n) is 6.89. The Morgan fingerprint density at radius 2 is 2.09 bits per heavy atom. The first kappa shape index (κ1) is 15.4. The second kappa shape index (κ2) is 6.76. The summed E-state index contributed by atoms with van der Waals surface area (Å²) in [5, 5.41) is 9.39. The largest absolute Gasteiger partial charge is 0.410 e. The summed E-state index contributed by atoms with van der Waals surface area (Å²) in [5.41, 5.74) is 0.882. The summed E-state index contributed by atoms with van der Waals surface area (Å²) in [4.78, 5) is 19.1. The number of morpholine rings is 1. The van der Waals surface area contributed by atoms with Gasteiger partial charge in [-0.2, -0.15) is 0 Å². The first-order chi connectivity index (χ1) is 10.6. The van der Waals surface area contributed by atoms with Crippen molar-refractivity contribution < 1.29 is 13.9 Å². The minimum Gasteiger partial charge on any atom is -0.410 e. The topological polar surface area (TPSA) is 81.4 Å². The van der Waals surface area contributed by atoms with Crippen LogP contribution in [-0.4, -0.2) is 58.0 Å². The van der Waals surface area contributed by atoms with E-state index >= 15 is 0 Å². The second-order valence-electron chi connectivity index (χ2n) is 4.80. The van der Waals surface area contributed by atoms with Crippen molar-refractivity contribution in [3.05, 3.63) is 10.7 Å². The maximum Gasteiger partial charge on any atom is 0.277 e. The van der Waals surface area contributed by atoms with Gasteiger partial charge in [0.05, 0.1) is 29.7 Å². The van der Waals surface area contributed by atoms with Gasteiger partial charge < -0.3 is 14.1 Å². The minimum absolute atomic E-state index is 0.0675. The number of carbonyl (C=O) groups excluding carboxylic acids is 1. The van der Waals surface area contributed by atoms with Gasteiger partial charge in [0, 0.05) is 13.1 Å². The van der Waals surface area contributed by atoms with Crippen LogP contribution in [0, 0.1) is 13.8 Å². The van der Waals surface area contributed by atoms with Crippen LogP contribution in [0.1, 0.15) is 10.7 Å². The molecule has 2 aromatic rings. The normalized spacial score (nSPS) is 15.3. The lowest BCUT2D eigenvalue weighted by atomic mass is 10.4. The van der Waals surface area contributed by atoms with Crippen molar-refractivity contribution in [3.8, 4) is 10.8 Å². The smallest absolute Gasteiger partial charge is 0.277 e. The highest BCUT2D eigenvalue weighted by Gasteiger charge is 2.19. The maximum atomic E-state index is 12.1. The zero-order valence-electron chi connectivity index (χ0n) is 12.4. The van der Waals surface area contributed by atoms with Crippen LogP contribution in [0.2, 0.25) is 0 Å². The van der Waals surface area contributed by atoms with Crippen LogP contribution in [0.3, 0.4) is 0 Å². The number of rotatable bonds is 4. The molecule has 0 aliphatic carbocycles. The summed E-state index contributed by atoms with van der Waals surface area (Å²) in [5.74, 6) is 0.824. The van der Waals surface area contributed by atoms with Crippen LogP contribution < -0.4 is 0 Å². The van der Waals surface area contributed by atoms with E-state index in [9.17, 15) is 4.79 Å². The van der Waals surface area contributed by atoms with Crippen LogP contribution in [0.15, 0.2) is 9.64 Å². The summed E-state index contributed by atoms with van der Waals surface area (Å²) in [6.07, 6.45) is 0. The van der Waals surface area contributed by atoms with E-state index in [2.05, 4.69) is 15.2 Å². The fraction of sp³-hybridized carbons (Fsp3) is 0.538. The Balaban J connectivity index is 1.60. The molecule has 1 aliphatic heterocycles. The first-order valence-corrected chi connectivity index (χ1v) is 8.70. The molecule has 1 saturated heterocycles. The number of nitrogens with zero attached hydrogens (tertiary/aromatic N) is 4. The van der Waals surface area contributed by atoms with Gasteiger partial charge in [-0.25, -0.2) is 4.98 Å². The Morgan fingerprint density at radius 3 is 2.77 bits per heavy atom. The Morgan fingerprint density at radius 1 is 1.32 bits per heavy atom. The number of thiazole rings is 1. The number of carbonyl (C=O) groups is 1. The van der Waals surface area contributed by atoms with Gasteiger partial charge in [-0.15, -0.1) is 21.5 Å². The van der Waals surface area contributed by atoms with Gasteiger partial charge >= 0.3 is 0 Å². The molecule has 2 aromatic heterocycles. The molecule has 1 fully saturated rings. The summed E-state index contributed by atoms with van der Waals surface area (Å²) in [6, 6.07) is 0. The number of thioether (sulfide) groups is 1. The number of aryl methyl sites for hydroxylation is 2. The van der Waals surface area contributed by atoms with Crippen molar-refractivity contribution in [3.63, 3.8) is 0 Å². The van der Waals surface area contributed by atoms with Crippen LogP contribution in [-0.2, 0) is 9.53 Å². The van der Waals surface area contributed by atoms with Crippen LogP contribution in [0.25, 0.3) is 10.8 Å². The monoisotopic (exact) mass is 340 g/mol. The molecule has 0 aromatic carbocycles. The molecule has 3 heterocycles. The van der Waals surface area contributed by atoms with E-state index in [4.69, 9.17) is 9.15 Å². The quantitative estimate of drug-likeness (QED) is 0.784. The van der Waals surface area contributed by atoms with Gasteiger partial charge in [-0.3, -0.25) is 4.79 Å². The molecule has 7 nitrogen and oxygen atoms in total. The van der Waals surface area contributed by atoms with Crippen molar-refractivity contribution >= 4 is 29.0 Å². The molecule has 1 aliphatic rings. The van der Waals surface area contributed by atoms with E-state index in [1.165, 1.54) is 23.1 Å². The minimum atomic E-state index is 0.0675. The SMILES string of the molecule is Cc1nc(C)c(-c2nnc(SCC(=O)N3CCOCC3)o2)s1. The van der Waals surface area contributed by atoms with E-state index in [0.717, 1.165) is 15.6 Å². The zero-order chi connectivity index (χ0) is 15.5. The lowest BCUT2D eigenvalue weighted by Crippen LogP contribution is -2.41. The maximum absolute atomic E-state index is 12.1. The number of hydrogen-bond acceptors (Lipinski definition) is 8. The number of hydrogen-bond donors (Lipinski definition) is 0. The average molecular weight is 340 g/mol. The highest BCUT2D eigenvalue weighted by Crippen LogP contribution is 2.30. The molecule has 0 unspecified atom stereocenters. The molecule has 118 valence electrons.